The molecule has 0 radical (unpaired) electrons. The van der Waals surface area contributed by atoms with Crippen LogP contribution in [0.2, 0.25) is 0 Å². The van der Waals surface area contributed by atoms with Crippen LogP contribution in [0.25, 0.3) is 0 Å². The Bertz CT molecular complexity index is 1120. The molecule has 1 fully saturated rings. The lowest BCUT2D eigenvalue weighted by Gasteiger charge is -2.30. The topological polar surface area (TPSA) is 108 Å². The largest absolute Gasteiger partial charge is 0.611 e. The van der Waals surface area contributed by atoms with E-state index in [1.807, 2.05) is 49.4 Å². The van der Waals surface area contributed by atoms with Crippen LogP contribution in [-0.2, 0) is 25.4 Å². The monoisotopic (exact) mass is 524 g/mol. The van der Waals surface area contributed by atoms with Crippen LogP contribution in [0.3, 0.4) is 0 Å². The zero-order valence-electron chi connectivity index (χ0n) is 20.7. The van der Waals surface area contributed by atoms with Gasteiger partial charge in [-0.25, -0.2) is 4.79 Å². The van der Waals surface area contributed by atoms with Crippen LogP contribution in [0.15, 0.2) is 83.8 Å². The third-order valence-corrected chi connectivity index (χ3v) is 7.93. The maximum Gasteiger partial charge on any atom is 0.360 e. The van der Waals surface area contributed by atoms with Crippen molar-refractivity contribution in [3.63, 3.8) is 0 Å². The molecule has 1 aliphatic rings. The average Bonchev–Trinajstić information content (AvgIpc) is 2.90. The molecule has 196 valence electrons. The van der Waals surface area contributed by atoms with E-state index in [9.17, 15) is 19.6 Å². The summed E-state index contributed by atoms with van der Waals surface area (Å²) in [5, 5.41) is 19.4. The summed E-state index contributed by atoms with van der Waals surface area (Å²) in [5.74, 6) is 0.00898. The van der Waals surface area contributed by atoms with Crippen LogP contribution in [0.1, 0.15) is 42.9 Å². The van der Waals surface area contributed by atoms with Gasteiger partial charge >= 0.3 is 5.97 Å². The third kappa shape index (κ3) is 7.56. The highest BCUT2D eigenvalue weighted by molar-refractivity contribution is 7.92. The normalized spacial score (nSPS) is 18.9. The highest BCUT2D eigenvalue weighted by Gasteiger charge is 2.41. The van der Waals surface area contributed by atoms with Gasteiger partial charge in [0.15, 0.2) is 11.2 Å². The quantitative estimate of drug-likeness (QED) is 0.324. The lowest BCUT2D eigenvalue weighted by Crippen LogP contribution is -2.42. The van der Waals surface area contributed by atoms with Crippen molar-refractivity contribution >= 4 is 17.1 Å². The minimum Gasteiger partial charge on any atom is -0.611 e. The zero-order chi connectivity index (χ0) is 26.2. The molecule has 4 rings (SSSR count). The molecule has 5 atom stereocenters. The number of carbonyl (C=O) groups is 1. The van der Waals surface area contributed by atoms with Gasteiger partial charge in [-0.1, -0.05) is 48.0 Å². The summed E-state index contributed by atoms with van der Waals surface area (Å²) < 4.78 is 31.0. The number of aryl methyl sites for hydroxylation is 1. The van der Waals surface area contributed by atoms with Crippen molar-refractivity contribution in [3.8, 4) is 11.5 Å². The number of rotatable bonds is 11. The molecule has 1 aliphatic heterocycles. The van der Waals surface area contributed by atoms with Crippen LogP contribution in [0.4, 0.5) is 0 Å². The number of hydrogen-bond donors (Lipinski definition) is 2. The predicted molar refractivity (Wildman–Crippen MR) is 140 cm³/mol. The van der Waals surface area contributed by atoms with E-state index in [1.165, 1.54) is 0 Å². The summed E-state index contributed by atoms with van der Waals surface area (Å²) in [7, 11) is 0. The van der Waals surface area contributed by atoms with E-state index < -0.39 is 40.9 Å². The molecule has 1 heterocycles. The summed E-state index contributed by atoms with van der Waals surface area (Å²) in [6.45, 7) is 2.47. The number of aliphatic hydroxyl groups is 1. The summed E-state index contributed by atoms with van der Waals surface area (Å²) in [6.07, 6.45) is 0.00686. The van der Waals surface area contributed by atoms with Gasteiger partial charge in [-0.2, -0.15) is 0 Å². The number of carboxylic acids is 1. The van der Waals surface area contributed by atoms with E-state index in [4.69, 9.17) is 14.2 Å². The van der Waals surface area contributed by atoms with Crippen molar-refractivity contribution in [1.82, 2.24) is 0 Å². The highest BCUT2D eigenvalue weighted by atomic mass is 32.2. The minimum atomic E-state index is -1.95. The number of ether oxygens (including phenoxy) is 3. The second-order valence-electron chi connectivity index (χ2n) is 9.08. The number of hydrogen-bond acceptors (Lipinski definition) is 6. The minimum absolute atomic E-state index is 0.0622. The zero-order valence-corrected chi connectivity index (χ0v) is 21.5. The van der Waals surface area contributed by atoms with Gasteiger partial charge in [0, 0.05) is 24.2 Å². The van der Waals surface area contributed by atoms with Gasteiger partial charge in [0.2, 0.25) is 5.25 Å². The standard InChI is InChI=1S/C29H32O7S/c1-20-10-16-24(17-11-20)37(33)28(29(31)32)25(30)19-26(36-27-9-5-6-18-34-27)21-12-14-23(15-13-21)35-22-7-3-2-4-8-22/h2-4,7-8,10-17,25-28,30H,5-6,9,18-19H2,1H3,(H,31,32)/t25-,26-,27?,28-,37?/m0/s1. The molecule has 3 aromatic carbocycles. The first-order valence-corrected chi connectivity index (χ1v) is 13.6. The van der Waals surface area contributed by atoms with Crippen molar-refractivity contribution in [2.45, 2.75) is 61.3 Å². The van der Waals surface area contributed by atoms with Gasteiger partial charge < -0.3 is 29.0 Å². The second kappa shape index (κ2) is 13.1. The Hall–Kier alpha value is -2.88. The molecule has 3 aromatic rings. The lowest BCUT2D eigenvalue weighted by molar-refractivity contribution is -0.195. The summed E-state index contributed by atoms with van der Waals surface area (Å²) in [6, 6.07) is 23.4. The van der Waals surface area contributed by atoms with Crippen LogP contribution in [-0.4, -0.2) is 45.0 Å². The second-order valence-corrected chi connectivity index (χ2v) is 10.7. The first-order valence-electron chi connectivity index (χ1n) is 12.4. The van der Waals surface area contributed by atoms with Crippen molar-refractivity contribution in [2.75, 3.05) is 6.61 Å². The SMILES string of the molecule is Cc1ccc([S+]([O-])[C@H](C(=O)O)[C@@H](O)C[C@H](OC2CCCCO2)c2ccc(Oc3ccccc3)cc2)cc1. The van der Waals surface area contributed by atoms with Gasteiger partial charge in [-0.3, -0.25) is 0 Å². The molecule has 7 nitrogen and oxygen atoms in total. The predicted octanol–water partition coefficient (Wildman–Crippen LogP) is 5.38. The molecule has 0 aromatic heterocycles. The lowest BCUT2D eigenvalue weighted by atomic mass is 10.0. The average molecular weight is 525 g/mol. The van der Waals surface area contributed by atoms with E-state index >= 15 is 0 Å². The fraction of sp³-hybridized carbons (Fsp3) is 0.345. The Balaban J connectivity index is 1.53. The van der Waals surface area contributed by atoms with Crippen molar-refractivity contribution in [1.29, 1.82) is 0 Å². The van der Waals surface area contributed by atoms with Gasteiger partial charge in [0.25, 0.3) is 0 Å². The molecule has 0 aliphatic carbocycles. The Labute approximate surface area is 220 Å². The van der Waals surface area contributed by atoms with E-state index in [0.29, 0.717) is 29.4 Å². The van der Waals surface area contributed by atoms with Gasteiger partial charge in [-0.15, -0.1) is 0 Å². The summed E-state index contributed by atoms with van der Waals surface area (Å²) in [5.41, 5.74) is 1.70. The Morgan fingerprint density at radius 1 is 1.03 bits per heavy atom. The van der Waals surface area contributed by atoms with E-state index in [1.54, 1.807) is 36.4 Å². The van der Waals surface area contributed by atoms with Crippen molar-refractivity contribution < 1.29 is 33.8 Å². The van der Waals surface area contributed by atoms with Crippen LogP contribution in [0, 0.1) is 6.92 Å². The molecule has 2 N–H and O–H groups in total. The van der Waals surface area contributed by atoms with Gasteiger partial charge in [0.1, 0.15) is 17.6 Å². The summed E-state index contributed by atoms with van der Waals surface area (Å²) in [4.78, 5) is 12.5. The van der Waals surface area contributed by atoms with Gasteiger partial charge in [-0.05, 0) is 68.1 Å². The van der Waals surface area contributed by atoms with Crippen LogP contribution in [0.5, 0.6) is 11.5 Å². The molecule has 1 saturated heterocycles. The fourth-order valence-electron chi connectivity index (χ4n) is 4.21. The molecule has 2 unspecified atom stereocenters. The third-order valence-electron chi connectivity index (χ3n) is 6.22. The molecule has 0 saturated carbocycles. The van der Waals surface area contributed by atoms with Crippen LogP contribution < -0.4 is 4.74 Å². The Morgan fingerprint density at radius 3 is 2.32 bits per heavy atom. The molecule has 0 amide bonds. The maximum atomic E-state index is 13.2. The maximum absolute atomic E-state index is 13.2. The molecule has 37 heavy (non-hydrogen) atoms. The molecular weight excluding hydrogens is 492 g/mol. The van der Waals surface area contributed by atoms with E-state index in [-0.39, 0.29) is 6.42 Å². The first kappa shape index (κ1) is 27.2. The molecular formula is C29H32O7S. The van der Waals surface area contributed by atoms with Crippen LogP contribution >= 0.6 is 0 Å². The molecule has 0 bridgehead atoms. The van der Waals surface area contributed by atoms with E-state index in [0.717, 1.165) is 24.0 Å². The van der Waals surface area contributed by atoms with Crippen molar-refractivity contribution in [2.24, 2.45) is 0 Å². The summed E-state index contributed by atoms with van der Waals surface area (Å²) >= 11 is -1.95. The number of benzene rings is 3. The number of aliphatic carboxylic acids is 1. The Kier molecular flexibility index (Phi) is 9.60. The van der Waals surface area contributed by atoms with Crippen molar-refractivity contribution in [3.05, 3.63) is 90.0 Å². The number of para-hydroxylation sites is 1. The smallest absolute Gasteiger partial charge is 0.360 e. The molecule has 0 spiro atoms. The first-order chi connectivity index (χ1) is 17.9. The number of aliphatic hydroxyl groups excluding tert-OH is 1. The van der Waals surface area contributed by atoms with E-state index in [2.05, 4.69) is 0 Å². The fourth-order valence-corrected chi connectivity index (χ4v) is 5.48. The molecule has 8 heteroatoms. The Morgan fingerprint density at radius 2 is 1.70 bits per heavy atom. The van der Waals surface area contributed by atoms with Gasteiger partial charge in [0.05, 0.1) is 6.10 Å². The highest BCUT2D eigenvalue weighted by Crippen LogP contribution is 2.32. The number of carboxylic acid groups (broad SMARTS) is 1.